The summed E-state index contributed by atoms with van der Waals surface area (Å²) in [6.07, 6.45) is 1.11. The number of benzene rings is 1. The van der Waals surface area contributed by atoms with Gasteiger partial charge in [-0.15, -0.1) is 0 Å². The molecule has 1 aromatic rings. The molecule has 0 aromatic heterocycles. The van der Waals surface area contributed by atoms with Crippen molar-refractivity contribution in [3.63, 3.8) is 0 Å². The van der Waals surface area contributed by atoms with Crippen LogP contribution in [0.15, 0.2) is 18.2 Å². The summed E-state index contributed by atoms with van der Waals surface area (Å²) in [5, 5.41) is 0. The summed E-state index contributed by atoms with van der Waals surface area (Å²) in [6, 6.07) is 6.08. The predicted octanol–water partition coefficient (Wildman–Crippen LogP) is 1.59. The lowest BCUT2D eigenvalue weighted by Crippen LogP contribution is -2.31. The lowest BCUT2D eigenvalue weighted by molar-refractivity contribution is 0.0527. The minimum atomic E-state index is -0.352. The van der Waals surface area contributed by atoms with E-state index >= 15 is 0 Å². The van der Waals surface area contributed by atoms with Crippen LogP contribution in [0.1, 0.15) is 23.7 Å². The molecule has 0 spiro atoms. The van der Waals surface area contributed by atoms with Crippen molar-refractivity contribution in [1.29, 1.82) is 0 Å². The predicted molar refractivity (Wildman–Crippen MR) is 81.1 cm³/mol. The van der Waals surface area contributed by atoms with Gasteiger partial charge in [-0.2, -0.15) is 0 Å². The number of carbonyl (C=O) groups excluding carboxylic acids is 1. The van der Waals surface area contributed by atoms with Crippen LogP contribution in [-0.2, 0) is 4.74 Å². The quantitative estimate of drug-likeness (QED) is 0.669. The first-order valence-electron chi connectivity index (χ1n) is 7.01. The molecule has 1 aromatic carbocycles. The van der Waals surface area contributed by atoms with Crippen molar-refractivity contribution in [3.05, 3.63) is 23.8 Å². The van der Waals surface area contributed by atoms with Gasteiger partial charge in [-0.1, -0.05) is 6.07 Å². The number of nitrogens with two attached hydrogens (primary N) is 1. The Morgan fingerprint density at radius 2 is 2.25 bits per heavy atom. The smallest absolute Gasteiger partial charge is 0.340 e. The van der Waals surface area contributed by atoms with Gasteiger partial charge in [0.2, 0.25) is 0 Å². The second-order valence-corrected chi connectivity index (χ2v) is 5.31. The van der Waals surface area contributed by atoms with E-state index in [1.54, 1.807) is 13.0 Å². The van der Waals surface area contributed by atoms with Crippen LogP contribution in [0.5, 0.6) is 0 Å². The third kappa shape index (κ3) is 2.88. The van der Waals surface area contributed by atoms with Crippen LogP contribution < -0.4 is 10.6 Å². The van der Waals surface area contributed by atoms with Crippen LogP contribution in [0.25, 0.3) is 0 Å². The molecular formula is C15H23N3O2. The maximum Gasteiger partial charge on any atom is 0.340 e. The number of para-hydroxylation sites is 1. The Hall–Kier alpha value is -1.75. The summed E-state index contributed by atoms with van der Waals surface area (Å²) in [7, 11) is 4.18. The molecule has 0 bridgehead atoms. The van der Waals surface area contributed by atoms with E-state index < -0.39 is 0 Å². The summed E-state index contributed by atoms with van der Waals surface area (Å²) >= 11 is 0. The Morgan fingerprint density at radius 3 is 2.85 bits per heavy atom. The Kier molecular flexibility index (Phi) is 4.49. The van der Waals surface area contributed by atoms with Crippen molar-refractivity contribution in [3.8, 4) is 0 Å². The van der Waals surface area contributed by atoms with Gasteiger partial charge >= 0.3 is 5.97 Å². The molecule has 110 valence electrons. The maximum atomic E-state index is 11.9. The molecule has 1 heterocycles. The Labute approximate surface area is 120 Å². The first-order valence-corrected chi connectivity index (χ1v) is 7.01. The van der Waals surface area contributed by atoms with Crippen LogP contribution in [-0.4, -0.2) is 50.7 Å². The lowest BCUT2D eigenvalue weighted by Gasteiger charge is -2.23. The number of hydrogen-bond acceptors (Lipinski definition) is 5. The molecule has 20 heavy (non-hydrogen) atoms. The van der Waals surface area contributed by atoms with E-state index in [-0.39, 0.29) is 5.97 Å². The Bertz CT molecular complexity index is 488. The number of carbonyl (C=O) groups is 1. The highest BCUT2D eigenvalue weighted by atomic mass is 16.5. The molecule has 1 aliphatic rings. The van der Waals surface area contributed by atoms with E-state index in [1.807, 2.05) is 12.1 Å². The summed E-state index contributed by atoms with van der Waals surface area (Å²) in [5.41, 5.74) is 8.07. The lowest BCUT2D eigenvalue weighted by atomic mass is 10.1. The Morgan fingerprint density at radius 1 is 1.50 bits per heavy atom. The second kappa shape index (κ2) is 6.13. The molecule has 5 nitrogen and oxygen atoms in total. The molecular weight excluding hydrogens is 254 g/mol. The first-order chi connectivity index (χ1) is 9.54. The van der Waals surface area contributed by atoms with Crippen LogP contribution in [0.3, 0.4) is 0 Å². The molecule has 1 fully saturated rings. The van der Waals surface area contributed by atoms with Gasteiger partial charge in [0.05, 0.1) is 23.5 Å². The topological polar surface area (TPSA) is 58.8 Å². The van der Waals surface area contributed by atoms with Gasteiger partial charge in [0.15, 0.2) is 0 Å². The van der Waals surface area contributed by atoms with Gasteiger partial charge in [-0.05, 0) is 39.6 Å². The van der Waals surface area contributed by atoms with Crippen molar-refractivity contribution in [2.75, 3.05) is 44.4 Å². The molecule has 0 aliphatic carbocycles. The largest absolute Gasteiger partial charge is 0.462 e. The summed E-state index contributed by atoms with van der Waals surface area (Å²) in [6.45, 7) is 4.04. The standard InChI is InChI=1S/C15H23N3O2/c1-4-20-15(19)12-6-5-7-13(14(12)16)18-9-8-11(10-18)17(2)3/h5-7,11H,4,8-10,16H2,1-3H3. The summed E-state index contributed by atoms with van der Waals surface area (Å²) < 4.78 is 5.04. The number of nitrogens with zero attached hydrogens (tertiary/aromatic N) is 2. The summed E-state index contributed by atoms with van der Waals surface area (Å²) in [5.74, 6) is -0.352. The number of esters is 1. The van der Waals surface area contributed by atoms with E-state index in [0.717, 1.165) is 25.2 Å². The van der Waals surface area contributed by atoms with Crippen LogP contribution in [0.2, 0.25) is 0 Å². The number of likely N-dealkylation sites (N-methyl/N-ethyl adjacent to an activating group) is 1. The number of rotatable bonds is 4. The molecule has 0 radical (unpaired) electrons. The van der Waals surface area contributed by atoms with Crippen LogP contribution in [0, 0.1) is 0 Å². The van der Waals surface area contributed by atoms with Crippen molar-refractivity contribution < 1.29 is 9.53 Å². The van der Waals surface area contributed by atoms with Gasteiger partial charge in [-0.3, -0.25) is 0 Å². The van der Waals surface area contributed by atoms with Crippen LogP contribution in [0.4, 0.5) is 11.4 Å². The number of anilines is 2. The number of ether oxygens (including phenoxy) is 1. The molecule has 2 N–H and O–H groups in total. The van der Waals surface area contributed by atoms with Crippen molar-refractivity contribution in [1.82, 2.24) is 4.90 Å². The fourth-order valence-electron chi connectivity index (χ4n) is 2.60. The van der Waals surface area contributed by atoms with E-state index in [2.05, 4.69) is 23.9 Å². The third-order valence-corrected chi connectivity index (χ3v) is 3.81. The third-order valence-electron chi connectivity index (χ3n) is 3.81. The van der Waals surface area contributed by atoms with Gasteiger partial charge in [0.1, 0.15) is 0 Å². The van der Waals surface area contributed by atoms with E-state index in [0.29, 0.717) is 23.9 Å². The highest BCUT2D eigenvalue weighted by Crippen LogP contribution is 2.30. The minimum Gasteiger partial charge on any atom is -0.462 e. The molecule has 1 unspecified atom stereocenters. The zero-order valence-corrected chi connectivity index (χ0v) is 12.4. The molecule has 1 aliphatic heterocycles. The average Bonchev–Trinajstić information content (AvgIpc) is 2.88. The monoisotopic (exact) mass is 277 g/mol. The van der Waals surface area contributed by atoms with E-state index in [9.17, 15) is 4.79 Å². The highest BCUT2D eigenvalue weighted by Gasteiger charge is 2.26. The maximum absolute atomic E-state index is 11.9. The van der Waals surface area contributed by atoms with Crippen molar-refractivity contribution >= 4 is 17.3 Å². The summed E-state index contributed by atoms with van der Waals surface area (Å²) in [4.78, 5) is 16.3. The second-order valence-electron chi connectivity index (χ2n) is 5.31. The molecule has 5 heteroatoms. The van der Waals surface area contributed by atoms with Gasteiger partial charge in [0.25, 0.3) is 0 Å². The zero-order valence-electron chi connectivity index (χ0n) is 12.4. The highest BCUT2D eigenvalue weighted by molar-refractivity contribution is 5.98. The molecule has 0 saturated carbocycles. The van der Waals surface area contributed by atoms with E-state index in [1.165, 1.54) is 0 Å². The minimum absolute atomic E-state index is 0.352. The fourth-order valence-corrected chi connectivity index (χ4v) is 2.60. The fraction of sp³-hybridized carbons (Fsp3) is 0.533. The van der Waals surface area contributed by atoms with Crippen molar-refractivity contribution in [2.24, 2.45) is 0 Å². The zero-order chi connectivity index (χ0) is 14.7. The molecule has 2 rings (SSSR count). The van der Waals surface area contributed by atoms with Crippen LogP contribution >= 0.6 is 0 Å². The van der Waals surface area contributed by atoms with Gasteiger partial charge in [-0.25, -0.2) is 4.79 Å². The molecule has 1 atom stereocenters. The van der Waals surface area contributed by atoms with E-state index in [4.69, 9.17) is 10.5 Å². The first kappa shape index (κ1) is 14.7. The number of hydrogen-bond donors (Lipinski definition) is 1. The number of nitrogen functional groups attached to an aromatic ring is 1. The van der Waals surface area contributed by atoms with Gasteiger partial charge in [0, 0.05) is 19.1 Å². The SMILES string of the molecule is CCOC(=O)c1cccc(N2CCC(N(C)C)C2)c1N. The normalized spacial score (nSPS) is 18.6. The Balaban J connectivity index is 2.21. The van der Waals surface area contributed by atoms with Crippen molar-refractivity contribution in [2.45, 2.75) is 19.4 Å². The molecule has 1 saturated heterocycles. The van der Waals surface area contributed by atoms with Gasteiger partial charge < -0.3 is 20.3 Å². The average molecular weight is 277 g/mol. The molecule has 0 amide bonds.